The number of aromatic amines is 1. The molecule has 0 atom stereocenters. The quantitative estimate of drug-likeness (QED) is 0.413. The molecule has 0 aliphatic heterocycles. The van der Waals surface area contributed by atoms with Crippen molar-refractivity contribution >= 4 is 22.8 Å². The smallest absolute Gasteiger partial charge is 0.405 e. The number of fused-ring (bicyclic) bond motifs is 3. The van der Waals surface area contributed by atoms with Crippen molar-refractivity contribution in [2.45, 2.75) is 57.4 Å². The maximum absolute atomic E-state index is 11.1. The third-order valence-corrected chi connectivity index (χ3v) is 6.47. The van der Waals surface area contributed by atoms with Gasteiger partial charge in [0.2, 0.25) is 0 Å². The Kier molecular flexibility index (Phi) is 4.68. The lowest BCUT2D eigenvalue weighted by Crippen LogP contribution is -2.39. The summed E-state index contributed by atoms with van der Waals surface area (Å²) in [7, 11) is 0. The molecule has 3 aromatic heterocycles. The maximum Gasteiger partial charge on any atom is 0.405 e. The highest BCUT2D eigenvalue weighted by atomic mass is 16.4. The molecule has 160 valence electrons. The Morgan fingerprint density at radius 1 is 1.13 bits per heavy atom. The van der Waals surface area contributed by atoms with Gasteiger partial charge in [-0.15, -0.1) is 0 Å². The number of carbonyl (C=O) groups is 1. The van der Waals surface area contributed by atoms with Crippen molar-refractivity contribution < 1.29 is 9.90 Å². The number of carboxylic acid groups (broad SMARTS) is 1. The standard InChI is InChI=1S/C24H27N5O2/c1-24(2,28-23(30)31)17-10-8-15(9-11-17)20-19-14-26-21-18(12-13-25-21)29(19)22(27-20)16-6-4-3-5-7-16/h8-14,16,25,28H,3-7H2,1-2H3,(H,30,31). The minimum Gasteiger partial charge on any atom is -0.465 e. The van der Waals surface area contributed by atoms with Crippen LogP contribution in [0.4, 0.5) is 4.79 Å². The van der Waals surface area contributed by atoms with Crippen LogP contribution in [0.1, 0.15) is 63.3 Å². The lowest BCUT2D eigenvalue weighted by molar-refractivity contribution is 0.182. The van der Waals surface area contributed by atoms with Crippen molar-refractivity contribution in [2.75, 3.05) is 0 Å². The first-order valence-electron chi connectivity index (χ1n) is 10.9. The van der Waals surface area contributed by atoms with Gasteiger partial charge in [0.25, 0.3) is 0 Å². The number of nitrogens with one attached hydrogen (secondary N) is 2. The van der Waals surface area contributed by atoms with Crippen molar-refractivity contribution in [1.29, 1.82) is 0 Å². The minimum absolute atomic E-state index is 0.452. The van der Waals surface area contributed by atoms with Gasteiger partial charge < -0.3 is 15.4 Å². The lowest BCUT2D eigenvalue weighted by Gasteiger charge is -2.25. The van der Waals surface area contributed by atoms with E-state index in [2.05, 4.69) is 25.8 Å². The zero-order chi connectivity index (χ0) is 21.6. The number of H-pyrrole nitrogens is 1. The molecule has 3 N–H and O–H groups in total. The Balaban J connectivity index is 1.62. The summed E-state index contributed by atoms with van der Waals surface area (Å²) in [5.41, 5.74) is 5.08. The normalized spacial score (nSPS) is 15.5. The lowest BCUT2D eigenvalue weighted by atomic mass is 9.89. The maximum atomic E-state index is 11.1. The van der Waals surface area contributed by atoms with E-state index in [0.717, 1.165) is 39.3 Å². The van der Waals surface area contributed by atoms with Crippen LogP contribution in [-0.2, 0) is 5.54 Å². The summed E-state index contributed by atoms with van der Waals surface area (Å²) < 4.78 is 2.27. The Hall–Kier alpha value is -3.35. The van der Waals surface area contributed by atoms with E-state index < -0.39 is 11.6 Å². The molecule has 7 nitrogen and oxygen atoms in total. The summed E-state index contributed by atoms with van der Waals surface area (Å²) in [5, 5.41) is 11.7. The van der Waals surface area contributed by atoms with E-state index >= 15 is 0 Å². The molecule has 0 spiro atoms. The van der Waals surface area contributed by atoms with E-state index in [1.54, 1.807) is 0 Å². The highest BCUT2D eigenvalue weighted by Crippen LogP contribution is 2.37. The first-order chi connectivity index (χ1) is 14.9. The molecule has 0 saturated heterocycles. The van der Waals surface area contributed by atoms with Crippen LogP contribution in [0.25, 0.3) is 27.9 Å². The summed E-state index contributed by atoms with van der Waals surface area (Å²) in [4.78, 5) is 24.1. The van der Waals surface area contributed by atoms with Gasteiger partial charge in [0.1, 0.15) is 5.82 Å². The van der Waals surface area contributed by atoms with Crippen LogP contribution in [0.15, 0.2) is 42.7 Å². The predicted molar refractivity (Wildman–Crippen MR) is 120 cm³/mol. The number of hydrogen-bond donors (Lipinski definition) is 3. The van der Waals surface area contributed by atoms with Gasteiger partial charge in [-0.2, -0.15) is 0 Å². The fraction of sp³-hybridized carbons (Fsp3) is 0.375. The molecular formula is C24H27N5O2. The number of aromatic nitrogens is 4. The zero-order valence-corrected chi connectivity index (χ0v) is 17.9. The Labute approximate surface area is 180 Å². The predicted octanol–water partition coefficient (Wildman–Crippen LogP) is 5.43. The molecule has 5 rings (SSSR count). The molecule has 0 radical (unpaired) electrons. The van der Waals surface area contributed by atoms with Crippen LogP contribution in [0.3, 0.4) is 0 Å². The number of hydrogen-bond acceptors (Lipinski definition) is 3. The molecule has 0 unspecified atom stereocenters. The van der Waals surface area contributed by atoms with Crippen LogP contribution in [0.5, 0.6) is 0 Å². The van der Waals surface area contributed by atoms with E-state index in [1.807, 2.05) is 50.5 Å². The number of nitrogens with zero attached hydrogens (tertiary/aromatic N) is 3. The van der Waals surface area contributed by atoms with Crippen molar-refractivity contribution in [3.05, 3.63) is 54.1 Å². The van der Waals surface area contributed by atoms with Gasteiger partial charge in [-0.3, -0.25) is 4.40 Å². The molecule has 1 amide bonds. The Bertz CT molecular complexity index is 1250. The number of rotatable bonds is 4. The summed E-state index contributed by atoms with van der Waals surface area (Å²) in [5.74, 6) is 1.57. The monoisotopic (exact) mass is 417 g/mol. The highest BCUT2D eigenvalue weighted by molar-refractivity contribution is 5.84. The molecule has 31 heavy (non-hydrogen) atoms. The van der Waals surface area contributed by atoms with Gasteiger partial charge in [-0.25, -0.2) is 14.8 Å². The molecule has 1 aliphatic carbocycles. The van der Waals surface area contributed by atoms with Crippen LogP contribution in [-0.4, -0.2) is 30.6 Å². The number of imidazole rings is 1. The van der Waals surface area contributed by atoms with Gasteiger partial charge >= 0.3 is 6.09 Å². The summed E-state index contributed by atoms with van der Waals surface area (Å²) in [6, 6.07) is 10.1. The molecular weight excluding hydrogens is 390 g/mol. The average molecular weight is 418 g/mol. The number of benzene rings is 1. The highest BCUT2D eigenvalue weighted by Gasteiger charge is 2.26. The summed E-state index contributed by atoms with van der Waals surface area (Å²) in [6.45, 7) is 3.71. The second-order valence-corrected chi connectivity index (χ2v) is 8.98. The van der Waals surface area contributed by atoms with Crippen molar-refractivity contribution in [3.63, 3.8) is 0 Å². The van der Waals surface area contributed by atoms with Gasteiger partial charge in [-0.05, 0) is 38.3 Å². The summed E-state index contributed by atoms with van der Waals surface area (Å²) in [6.07, 6.45) is 8.92. The zero-order valence-electron chi connectivity index (χ0n) is 17.9. The van der Waals surface area contributed by atoms with Gasteiger partial charge in [0.05, 0.1) is 28.5 Å². The molecule has 3 heterocycles. The van der Waals surface area contributed by atoms with Gasteiger partial charge in [0, 0.05) is 17.7 Å². The van der Waals surface area contributed by atoms with Crippen LogP contribution < -0.4 is 5.32 Å². The second kappa shape index (κ2) is 7.41. The van der Waals surface area contributed by atoms with Crippen molar-refractivity contribution in [1.82, 2.24) is 24.7 Å². The summed E-state index contributed by atoms with van der Waals surface area (Å²) >= 11 is 0. The van der Waals surface area contributed by atoms with E-state index in [4.69, 9.17) is 10.1 Å². The SMILES string of the molecule is CC(C)(NC(=O)O)c1ccc(-c2nc(C3CCCCC3)n3c2cnc2[nH]ccc23)cc1. The minimum atomic E-state index is -1.03. The molecule has 0 bridgehead atoms. The average Bonchev–Trinajstić information content (AvgIpc) is 3.38. The largest absolute Gasteiger partial charge is 0.465 e. The Morgan fingerprint density at radius 2 is 1.87 bits per heavy atom. The van der Waals surface area contributed by atoms with E-state index in [9.17, 15) is 4.79 Å². The molecule has 7 heteroatoms. The topological polar surface area (TPSA) is 95.3 Å². The molecule has 1 saturated carbocycles. The van der Waals surface area contributed by atoms with Crippen molar-refractivity contribution in [2.24, 2.45) is 0 Å². The molecule has 1 fully saturated rings. The van der Waals surface area contributed by atoms with Crippen LogP contribution in [0.2, 0.25) is 0 Å². The molecule has 1 aliphatic rings. The first kappa shape index (κ1) is 19.6. The first-order valence-corrected chi connectivity index (χ1v) is 10.9. The Morgan fingerprint density at radius 3 is 2.58 bits per heavy atom. The molecule has 1 aromatic carbocycles. The third kappa shape index (κ3) is 3.44. The third-order valence-electron chi connectivity index (χ3n) is 6.47. The fourth-order valence-electron chi connectivity index (χ4n) is 4.82. The molecule has 4 aromatic rings. The fourth-order valence-corrected chi connectivity index (χ4v) is 4.82. The van der Waals surface area contributed by atoms with E-state index in [1.165, 1.54) is 32.1 Å². The van der Waals surface area contributed by atoms with E-state index in [0.29, 0.717) is 5.92 Å². The van der Waals surface area contributed by atoms with Gasteiger partial charge in [-0.1, -0.05) is 43.5 Å². The van der Waals surface area contributed by atoms with Crippen LogP contribution >= 0.6 is 0 Å². The van der Waals surface area contributed by atoms with Gasteiger partial charge in [0.15, 0.2) is 5.65 Å². The van der Waals surface area contributed by atoms with E-state index in [-0.39, 0.29) is 0 Å². The number of amides is 1. The second-order valence-electron chi connectivity index (χ2n) is 8.98. The van der Waals surface area contributed by atoms with Crippen LogP contribution in [0, 0.1) is 0 Å². The van der Waals surface area contributed by atoms with Crippen molar-refractivity contribution in [3.8, 4) is 11.3 Å².